The number of nitrogens with zero attached hydrogens (tertiary/aromatic N) is 2. The molecule has 0 radical (unpaired) electrons. The van der Waals surface area contributed by atoms with E-state index in [2.05, 4.69) is 29.2 Å². The molecule has 2 aromatic carbocycles. The summed E-state index contributed by atoms with van der Waals surface area (Å²) in [7, 11) is 0. The number of aromatic carboxylic acids is 1. The van der Waals surface area contributed by atoms with Crippen LogP contribution in [0.1, 0.15) is 54.6 Å². The van der Waals surface area contributed by atoms with Crippen molar-refractivity contribution in [1.29, 1.82) is 0 Å². The van der Waals surface area contributed by atoms with Crippen molar-refractivity contribution in [3.63, 3.8) is 0 Å². The normalized spacial score (nSPS) is 23.6. The number of piperidine rings is 1. The number of hydrogen-bond acceptors (Lipinski definition) is 4. The Morgan fingerprint density at radius 2 is 1.81 bits per heavy atom. The van der Waals surface area contributed by atoms with Gasteiger partial charge in [0.1, 0.15) is 5.60 Å². The number of carboxylic acid groups (broad SMARTS) is 1. The van der Waals surface area contributed by atoms with Gasteiger partial charge in [0, 0.05) is 44.1 Å². The van der Waals surface area contributed by atoms with Crippen molar-refractivity contribution in [1.82, 2.24) is 9.80 Å². The zero-order chi connectivity index (χ0) is 22.9. The number of carboxylic acids is 1. The molecule has 2 saturated heterocycles. The summed E-state index contributed by atoms with van der Waals surface area (Å²) in [6.07, 6.45) is 0.640. The van der Waals surface area contributed by atoms with E-state index in [9.17, 15) is 14.7 Å². The number of rotatable bonds is 4. The van der Waals surface area contributed by atoms with Crippen LogP contribution in [0.3, 0.4) is 0 Å². The van der Waals surface area contributed by atoms with Gasteiger partial charge in [0.25, 0.3) is 0 Å². The molecule has 0 saturated carbocycles. The minimum Gasteiger partial charge on any atom is -0.478 e. The van der Waals surface area contributed by atoms with E-state index in [0.717, 1.165) is 18.5 Å². The third-order valence-electron chi connectivity index (χ3n) is 6.48. The van der Waals surface area contributed by atoms with Crippen molar-refractivity contribution in [2.45, 2.75) is 51.3 Å². The van der Waals surface area contributed by atoms with Gasteiger partial charge in [-0.2, -0.15) is 0 Å². The first kappa shape index (κ1) is 22.3. The Labute approximate surface area is 189 Å². The summed E-state index contributed by atoms with van der Waals surface area (Å²) in [5.41, 5.74) is 2.10. The highest BCUT2D eigenvalue weighted by Gasteiger charge is 2.46. The first-order chi connectivity index (χ1) is 15.2. The zero-order valence-electron chi connectivity index (χ0n) is 19.0. The molecule has 0 spiro atoms. The van der Waals surface area contributed by atoms with E-state index in [-0.39, 0.29) is 6.09 Å². The van der Waals surface area contributed by atoms with E-state index >= 15 is 0 Å². The van der Waals surface area contributed by atoms with E-state index in [1.54, 1.807) is 12.1 Å². The number of ether oxygens (including phenoxy) is 1. The maximum absolute atomic E-state index is 12.8. The smallest absolute Gasteiger partial charge is 0.410 e. The molecule has 1 N–H and O–H groups in total. The van der Waals surface area contributed by atoms with Gasteiger partial charge in [-0.25, -0.2) is 9.59 Å². The molecule has 2 fully saturated rings. The van der Waals surface area contributed by atoms with Crippen LogP contribution in [-0.2, 0) is 11.3 Å². The Kier molecular flexibility index (Phi) is 6.24. The van der Waals surface area contributed by atoms with Crippen molar-refractivity contribution in [3.8, 4) is 0 Å². The molecule has 0 aromatic heterocycles. The van der Waals surface area contributed by atoms with Crippen LogP contribution in [0, 0.1) is 5.92 Å². The van der Waals surface area contributed by atoms with Crippen molar-refractivity contribution >= 4 is 12.1 Å². The van der Waals surface area contributed by atoms with Crippen LogP contribution in [0.4, 0.5) is 4.79 Å². The Hall–Kier alpha value is -2.86. The lowest BCUT2D eigenvalue weighted by Gasteiger charge is -2.39. The molecule has 2 heterocycles. The summed E-state index contributed by atoms with van der Waals surface area (Å²) in [5.74, 6) is -0.283. The summed E-state index contributed by atoms with van der Waals surface area (Å²) in [6.45, 7) is 8.62. The Balaban J connectivity index is 1.56. The molecule has 2 aliphatic rings. The number of carbonyl (C=O) groups is 2. The second kappa shape index (κ2) is 8.94. The van der Waals surface area contributed by atoms with Gasteiger partial charge in [-0.15, -0.1) is 0 Å². The van der Waals surface area contributed by atoms with Crippen LogP contribution in [0.5, 0.6) is 0 Å². The van der Waals surface area contributed by atoms with Crippen LogP contribution < -0.4 is 0 Å². The average Bonchev–Trinajstić information content (AvgIpc) is 3.11. The van der Waals surface area contributed by atoms with E-state index < -0.39 is 11.6 Å². The van der Waals surface area contributed by atoms with Gasteiger partial charge in [-0.05, 0) is 50.5 Å². The van der Waals surface area contributed by atoms with Gasteiger partial charge in [0.15, 0.2) is 0 Å². The molecular formula is C26H32N2O4. The lowest BCUT2D eigenvalue weighted by Crippen LogP contribution is -2.49. The van der Waals surface area contributed by atoms with Crippen LogP contribution in [-0.4, -0.2) is 58.2 Å². The highest BCUT2D eigenvalue weighted by molar-refractivity contribution is 5.87. The topological polar surface area (TPSA) is 70.1 Å². The molecule has 0 bridgehead atoms. The highest BCUT2D eigenvalue weighted by atomic mass is 16.6. The molecule has 2 aromatic rings. The van der Waals surface area contributed by atoms with Crippen molar-refractivity contribution in [2.75, 3.05) is 19.6 Å². The predicted molar refractivity (Wildman–Crippen MR) is 123 cm³/mol. The zero-order valence-corrected chi connectivity index (χ0v) is 19.0. The van der Waals surface area contributed by atoms with E-state index in [1.165, 1.54) is 5.56 Å². The molecule has 3 atom stereocenters. The third-order valence-corrected chi connectivity index (χ3v) is 6.48. The summed E-state index contributed by atoms with van der Waals surface area (Å²) in [5, 5.41) is 9.35. The predicted octanol–water partition coefficient (Wildman–Crippen LogP) is 4.61. The SMILES string of the molecule is CC(C)(C)OC(=O)N1CC[C@H]2[C@@H](C1)[C@H](c1ccccc1)CN2Cc1cccc(C(=O)O)c1. The number of likely N-dealkylation sites (tertiary alicyclic amines) is 2. The molecule has 0 aliphatic carbocycles. The third kappa shape index (κ3) is 4.96. The second-order valence-electron chi connectivity index (χ2n) is 9.90. The fraction of sp³-hybridized carbons (Fsp3) is 0.462. The second-order valence-corrected chi connectivity index (χ2v) is 9.90. The monoisotopic (exact) mass is 436 g/mol. The molecule has 6 heteroatoms. The fourth-order valence-electron chi connectivity index (χ4n) is 5.11. The van der Waals surface area contributed by atoms with Gasteiger partial charge in [-0.1, -0.05) is 42.5 Å². The number of amides is 1. The number of hydrogen-bond donors (Lipinski definition) is 1. The molecule has 170 valence electrons. The molecule has 0 unspecified atom stereocenters. The van der Waals surface area contributed by atoms with Crippen molar-refractivity contribution in [2.24, 2.45) is 5.92 Å². The minimum atomic E-state index is -0.904. The summed E-state index contributed by atoms with van der Waals surface area (Å²) < 4.78 is 5.64. The quantitative estimate of drug-likeness (QED) is 0.758. The standard InChI is InChI=1S/C26H32N2O4/c1-26(2,3)32-25(31)27-13-12-23-22(17-27)21(19-9-5-4-6-10-19)16-28(23)15-18-8-7-11-20(14-18)24(29)30/h4-11,14,21-23H,12-13,15-17H2,1-3H3,(H,29,30)/t21-,22-,23-/m0/s1. The highest BCUT2D eigenvalue weighted by Crippen LogP contribution is 2.42. The summed E-state index contributed by atoms with van der Waals surface area (Å²) in [4.78, 5) is 28.5. The molecule has 6 nitrogen and oxygen atoms in total. The number of fused-ring (bicyclic) bond motifs is 1. The Morgan fingerprint density at radius 1 is 1.06 bits per heavy atom. The van der Waals surface area contributed by atoms with Gasteiger partial charge in [-0.3, -0.25) is 4.90 Å². The van der Waals surface area contributed by atoms with Crippen molar-refractivity contribution in [3.05, 3.63) is 71.3 Å². The Morgan fingerprint density at radius 3 is 2.50 bits per heavy atom. The van der Waals surface area contributed by atoms with E-state index in [0.29, 0.717) is 43.1 Å². The minimum absolute atomic E-state index is 0.240. The average molecular weight is 437 g/mol. The van der Waals surface area contributed by atoms with E-state index in [1.807, 2.05) is 43.9 Å². The van der Waals surface area contributed by atoms with Crippen LogP contribution in [0.25, 0.3) is 0 Å². The van der Waals surface area contributed by atoms with Crippen LogP contribution in [0.2, 0.25) is 0 Å². The molecule has 2 aliphatic heterocycles. The number of carbonyl (C=O) groups excluding carboxylic acids is 1. The van der Waals surface area contributed by atoms with E-state index in [4.69, 9.17) is 4.74 Å². The first-order valence-corrected chi connectivity index (χ1v) is 11.3. The van der Waals surface area contributed by atoms with Gasteiger partial charge >= 0.3 is 12.1 Å². The maximum Gasteiger partial charge on any atom is 0.410 e. The van der Waals surface area contributed by atoms with Gasteiger partial charge in [0.2, 0.25) is 0 Å². The number of benzene rings is 2. The van der Waals surface area contributed by atoms with Crippen molar-refractivity contribution < 1.29 is 19.4 Å². The molecule has 1 amide bonds. The Bertz CT molecular complexity index is 969. The summed E-state index contributed by atoms with van der Waals surface area (Å²) in [6, 6.07) is 18.0. The largest absolute Gasteiger partial charge is 0.478 e. The van der Waals surface area contributed by atoms with Gasteiger partial charge < -0.3 is 14.7 Å². The lowest BCUT2D eigenvalue weighted by molar-refractivity contribution is 0.0104. The maximum atomic E-state index is 12.8. The summed E-state index contributed by atoms with van der Waals surface area (Å²) >= 11 is 0. The molecule has 4 rings (SSSR count). The molecule has 32 heavy (non-hydrogen) atoms. The molecular weight excluding hydrogens is 404 g/mol. The van der Waals surface area contributed by atoms with Crippen LogP contribution in [0.15, 0.2) is 54.6 Å². The first-order valence-electron chi connectivity index (χ1n) is 11.3. The van der Waals surface area contributed by atoms with Crippen LogP contribution >= 0.6 is 0 Å². The van der Waals surface area contributed by atoms with Gasteiger partial charge in [0.05, 0.1) is 5.56 Å². The lowest BCUT2D eigenvalue weighted by atomic mass is 9.82. The fourth-order valence-corrected chi connectivity index (χ4v) is 5.11.